The molecule has 0 aliphatic heterocycles. The fourth-order valence-electron chi connectivity index (χ4n) is 7.22. The third kappa shape index (κ3) is 4.10. The highest BCUT2D eigenvalue weighted by molar-refractivity contribution is 6.14. The maximum absolute atomic E-state index is 5.10. The van der Waals surface area contributed by atoms with E-state index in [-0.39, 0.29) is 0 Å². The Balaban J connectivity index is 1.08. The largest absolute Gasteiger partial charge is 0.292 e. The molecule has 4 heterocycles. The van der Waals surface area contributed by atoms with E-state index in [1.807, 2.05) is 6.07 Å². The van der Waals surface area contributed by atoms with E-state index in [1.165, 1.54) is 33.0 Å². The molecule has 0 aliphatic carbocycles. The lowest BCUT2D eigenvalue weighted by Gasteiger charge is -2.12. The van der Waals surface area contributed by atoms with Crippen molar-refractivity contribution < 1.29 is 0 Å². The standard InChI is InChI=1S/C44H28N4/c1-3-10-29(11-4-1)30-18-20-33(21-19-30)44-45-38-14-7-8-15-40(38)47(44)35-25-22-31(23-26-35)34-24-27-36-37(28-34)43-42(32-12-5-2-6-13-32)46-41-17-9-16-39(36)48(41)43/h1-28H. The zero-order valence-corrected chi connectivity index (χ0v) is 26.0. The third-order valence-electron chi connectivity index (χ3n) is 9.51. The molecule has 4 aromatic heterocycles. The van der Waals surface area contributed by atoms with Crippen LogP contribution in [0.2, 0.25) is 0 Å². The van der Waals surface area contributed by atoms with Crippen molar-refractivity contribution in [2.75, 3.05) is 0 Å². The van der Waals surface area contributed by atoms with Gasteiger partial charge >= 0.3 is 0 Å². The first-order valence-corrected chi connectivity index (χ1v) is 16.3. The van der Waals surface area contributed by atoms with Crippen LogP contribution in [0.15, 0.2) is 170 Å². The average Bonchev–Trinajstić information content (AvgIpc) is 3.85. The van der Waals surface area contributed by atoms with Gasteiger partial charge in [-0.3, -0.25) is 8.97 Å². The maximum atomic E-state index is 5.10. The molecule has 0 spiro atoms. The predicted molar refractivity (Wildman–Crippen MR) is 198 cm³/mol. The quantitative estimate of drug-likeness (QED) is 0.194. The van der Waals surface area contributed by atoms with E-state index in [9.17, 15) is 0 Å². The Morgan fingerprint density at radius 3 is 1.79 bits per heavy atom. The molecule has 0 saturated carbocycles. The highest BCUT2D eigenvalue weighted by Gasteiger charge is 2.19. The second kappa shape index (κ2) is 10.5. The van der Waals surface area contributed by atoms with Crippen LogP contribution in [-0.4, -0.2) is 18.9 Å². The molecule has 0 aliphatic rings. The Bertz CT molecular complexity index is 2740. The second-order valence-corrected chi connectivity index (χ2v) is 12.3. The molecule has 0 atom stereocenters. The fourth-order valence-corrected chi connectivity index (χ4v) is 7.22. The van der Waals surface area contributed by atoms with Crippen LogP contribution in [0.5, 0.6) is 0 Å². The number of hydrogen-bond donors (Lipinski definition) is 0. The van der Waals surface area contributed by atoms with Crippen LogP contribution in [0.1, 0.15) is 0 Å². The summed E-state index contributed by atoms with van der Waals surface area (Å²) in [5, 5.41) is 2.45. The Kier molecular flexibility index (Phi) is 5.84. The van der Waals surface area contributed by atoms with Gasteiger partial charge in [0.2, 0.25) is 0 Å². The summed E-state index contributed by atoms with van der Waals surface area (Å²) in [7, 11) is 0. The molecule has 10 rings (SSSR count). The molecule has 0 radical (unpaired) electrons. The third-order valence-corrected chi connectivity index (χ3v) is 9.51. The van der Waals surface area contributed by atoms with Crippen LogP contribution in [-0.2, 0) is 0 Å². The maximum Gasteiger partial charge on any atom is 0.145 e. The summed E-state index contributed by atoms with van der Waals surface area (Å²) in [5.41, 5.74) is 14.4. The molecule has 224 valence electrons. The van der Waals surface area contributed by atoms with Crippen molar-refractivity contribution in [1.82, 2.24) is 18.9 Å². The van der Waals surface area contributed by atoms with E-state index < -0.39 is 0 Å². The van der Waals surface area contributed by atoms with Crippen LogP contribution in [0.4, 0.5) is 0 Å². The van der Waals surface area contributed by atoms with Gasteiger partial charge in [-0.1, -0.05) is 127 Å². The fraction of sp³-hybridized carbons (Fsp3) is 0. The molecule has 0 unspecified atom stereocenters. The van der Waals surface area contributed by atoms with E-state index in [1.54, 1.807) is 0 Å². The molecular formula is C44H28N4. The van der Waals surface area contributed by atoms with Crippen molar-refractivity contribution in [3.05, 3.63) is 170 Å². The number of aromatic nitrogens is 4. The SMILES string of the molecule is c1ccc(-c2ccc(-c3nc4ccccc4n3-c3ccc(-c4ccc5c(c4)c4c(-c6ccccc6)nc6cccc5n64)cc3)cc2)cc1. The molecule has 0 saturated heterocycles. The Morgan fingerprint density at radius 2 is 1.00 bits per heavy atom. The molecule has 0 bridgehead atoms. The molecule has 6 aromatic carbocycles. The smallest absolute Gasteiger partial charge is 0.145 e. The number of nitrogens with zero attached hydrogens (tertiary/aromatic N) is 4. The number of fused-ring (bicyclic) bond motifs is 4. The van der Waals surface area contributed by atoms with Gasteiger partial charge in [-0.15, -0.1) is 0 Å². The number of imidazole rings is 2. The highest BCUT2D eigenvalue weighted by Crippen LogP contribution is 2.39. The van der Waals surface area contributed by atoms with Crippen molar-refractivity contribution in [2.45, 2.75) is 0 Å². The van der Waals surface area contributed by atoms with Gasteiger partial charge in [-0.2, -0.15) is 0 Å². The van der Waals surface area contributed by atoms with Gasteiger partial charge in [0.15, 0.2) is 0 Å². The van der Waals surface area contributed by atoms with Crippen LogP contribution >= 0.6 is 0 Å². The van der Waals surface area contributed by atoms with Gasteiger partial charge in [0.1, 0.15) is 11.5 Å². The van der Waals surface area contributed by atoms with Crippen molar-refractivity contribution in [3.63, 3.8) is 0 Å². The monoisotopic (exact) mass is 612 g/mol. The molecular weight excluding hydrogens is 585 g/mol. The molecule has 10 aromatic rings. The molecule has 4 heteroatoms. The van der Waals surface area contributed by atoms with Crippen molar-refractivity contribution in [3.8, 4) is 50.6 Å². The van der Waals surface area contributed by atoms with Gasteiger partial charge in [0, 0.05) is 27.6 Å². The first-order valence-electron chi connectivity index (χ1n) is 16.3. The number of benzene rings is 6. The summed E-state index contributed by atoms with van der Waals surface area (Å²) < 4.78 is 4.57. The first kappa shape index (κ1) is 26.7. The van der Waals surface area contributed by atoms with Crippen molar-refractivity contribution in [2.24, 2.45) is 0 Å². The van der Waals surface area contributed by atoms with E-state index >= 15 is 0 Å². The minimum absolute atomic E-state index is 0.928. The lowest BCUT2D eigenvalue weighted by molar-refractivity contribution is 1.10. The molecule has 0 amide bonds. The zero-order chi connectivity index (χ0) is 31.6. The van der Waals surface area contributed by atoms with E-state index in [2.05, 4.69) is 173 Å². The predicted octanol–water partition coefficient (Wildman–Crippen LogP) is 11.1. The molecule has 4 nitrogen and oxygen atoms in total. The summed E-state index contributed by atoms with van der Waals surface area (Å²) in [4.78, 5) is 10.2. The minimum Gasteiger partial charge on any atom is -0.292 e. The Hall–Kier alpha value is -6.52. The summed E-state index contributed by atoms with van der Waals surface area (Å²) in [6.07, 6.45) is 0. The second-order valence-electron chi connectivity index (χ2n) is 12.3. The molecule has 0 N–H and O–H groups in total. The Labute approximate surface area is 277 Å². The van der Waals surface area contributed by atoms with E-state index in [0.29, 0.717) is 0 Å². The number of para-hydroxylation sites is 2. The normalized spacial score (nSPS) is 11.8. The van der Waals surface area contributed by atoms with Crippen LogP contribution in [0.25, 0.3) is 89.1 Å². The lowest BCUT2D eigenvalue weighted by atomic mass is 10.0. The van der Waals surface area contributed by atoms with E-state index in [0.717, 1.165) is 56.1 Å². The zero-order valence-electron chi connectivity index (χ0n) is 26.0. The lowest BCUT2D eigenvalue weighted by Crippen LogP contribution is -1.97. The summed E-state index contributed by atoms with van der Waals surface area (Å²) in [6, 6.07) is 60.1. The van der Waals surface area contributed by atoms with Gasteiger partial charge < -0.3 is 0 Å². The molecule has 48 heavy (non-hydrogen) atoms. The van der Waals surface area contributed by atoms with Gasteiger partial charge in [0.25, 0.3) is 0 Å². The van der Waals surface area contributed by atoms with Gasteiger partial charge in [-0.05, 0) is 64.7 Å². The van der Waals surface area contributed by atoms with Crippen molar-refractivity contribution in [1.29, 1.82) is 0 Å². The van der Waals surface area contributed by atoms with Crippen molar-refractivity contribution >= 4 is 38.5 Å². The summed E-state index contributed by atoms with van der Waals surface area (Å²) in [6.45, 7) is 0. The molecule has 0 fully saturated rings. The first-order chi connectivity index (χ1) is 23.8. The van der Waals surface area contributed by atoms with Gasteiger partial charge in [0.05, 0.1) is 27.8 Å². The average molecular weight is 613 g/mol. The van der Waals surface area contributed by atoms with Crippen LogP contribution in [0, 0.1) is 0 Å². The van der Waals surface area contributed by atoms with Crippen LogP contribution < -0.4 is 0 Å². The summed E-state index contributed by atoms with van der Waals surface area (Å²) in [5.74, 6) is 0.928. The highest BCUT2D eigenvalue weighted by atomic mass is 15.1. The summed E-state index contributed by atoms with van der Waals surface area (Å²) >= 11 is 0. The number of hydrogen-bond acceptors (Lipinski definition) is 2. The van der Waals surface area contributed by atoms with Gasteiger partial charge in [-0.25, -0.2) is 9.97 Å². The number of rotatable bonds is 5. The topological polar surface area (TPSA) is 35.1 Å². The minimum atomic E-state index is 0.928. The van der Waals surface area contributed by atoms with E-state index in [4.69, 9.17) is 9.97 Å². The Morgan fingerprint density at radius 1 is 0.396 bits per heavy atom. The van der Waals surface area contributed by atoms with Crippen LogP contribution in [0.3, 0.4) is 0 Å². The number of pyridine rings is 1.